The molecule has 19 heavy (non-hydrogen) atoms. The van der Waals surface area contributed by atoms with Crippen molar-refractivity contribution in [1.29, 1.82) is 0 Å². The van der Waals surface area contributed by atoms with Crippen LogP contribution in [-0.4, -0.2) is 24.0 Å². The lowest BCUT2D eigenvalue weighted by atomic mass is 10.2. The van der Waals surface area contributed by atoms with E-state index in [2.05, 4.69) is 10.4 Å². The van der Waals surface area contributed by atoms with Gasteiger partial charge in [-0.2, -0.15) is 5.10 Å². The van der Waals surface area contributed by atoms with Crippen molar-refractivity contribution in [3.8, 4) is 11.5 Å². The van der Waals surface area contributed by atoms with Gasteiger partial charge in [0.05, 0.1) is 30.6 Å². The van der Waals surface area contributed by atoms with Gasteiger partial charge >= 0.3 is 0 Å². The molecule has 0 saturated heterocycles. The fraction of sp³-hybridized carbons (Fsp3) is 0.250. The monoisotopic (exact) mass is 282 g/mol. The Morgan fingerprint density at radius 3 is 2.47 bits per heavy atom. The third-order valence-electron chi connectivity index (χ3n) is 2.58. The van der Waals surface area contributed by atoms with Crippen LogP contribution in [0.4, 0.5) is 17.2 Å². The van der Waals surface area contributed by atoms with Crippen molar-refractivity contribution in [2.24, 2.45) is 7.05 Å². The van der Waals surface area contributed by atoms with Crippen molar-refractivity contribution in [3.05, 3.63) is 23.4 Å². The second kappa shape index (κ2) is 5.27. The first-order valence-corrected chi connectivity index (χ1v) is 5.90. The van der Waals surface area contributed by atoms with Gasteiger partial charge in [0.25, 0.3) is 0 Å². The van der Waals surface area contributed by atoms with Crippen LogP contribution in [0, 0.1) is 0 Å². The summed E-state index contributed by atoms with van der Waals surface area (Å²) in [5, 5.41) is 7.76. The largest absolute Gasteiger partial charge is 0.495 e. The fourth-order valence-corrected chi connectivity index (χ4v) is 1.93. The van der Waals surface area contributed by atoms with E-state index in [0.29, 0.717) is 33.7 Å². The number of aryl methyl sites for hydroxylation is 1. The smallest absolute Gasteiger partial charge is 0.175 e. The number of aromatic nitrogens is 2. The van der Waals surface area contributed by atoms with Crippen LogP contribution < -0.4 is 20.5 Å². The molecule has 0 amide bonds. The molecule has 0 aliphatic rings. The Labute approximate surface area is 116 Å². The number of nitrogen functional groups attached to an aromatic ring is 1. The molecule has 0 fully saturated rings. The van der Waals surface area contributed by atoms with Gasteiger partial charge in [0.2, 0.25) is 0 Å². The maximum absolute atomic E-state index is 6.09. The summed E-state index contributed by atoms with van der Waals surface area (Å²) >= 11 is 6.09. The molecule has 2 aromatic rings. The Morgan fingerprint density at radius 2 is 1.95 bits per heavy atom. The lowest BCUT2D eigenvalue weighted by molar-refractivity contribution is 0.396. The molecular weight excluding hydrogens is 268 g/mol. The summed E-state index contributed by atoms with van der Waals surface area (Å²) in [5.41, 5.74) is 7.03. The molecule has 0 aliphatic heterocycles. The quantitative estimate of drug-likeness (QED) is 0.901. The van der Waals surface area contributed by atoms with Crippen LogP contribution in [-0.2, 0) is 7.05 Å². The number of ether oxygens (including phenoxy) is 2. The Morgan fingerprint density at radius 1 is 1.26 bits per heavy atom. The van der Waals surface area contributed by atoms with Gasteiger partial charge in [-0.3, -0.25) is 4.68 Å². The molecule has 1 aromatic heterocycles. The van der Waals surface area contributed by atoms with Crippen LogP contribution in [0.15, 0.2) is 18.3 Å². The predicted octanol–water partition coefficient (Wildman–Crippen LogP) is 2.42. The number of hydrogen-bond acceptors (Lipinski definition) is 5. The van der Waals surface area contributed by atoms with Gasteiger partial charge in [0.15, 0.2) is 5.82 Å². The average molecular weight is 283 g/mol. The molecular formula is C12H15ClN4O2. The molecule has 0 unspecified atom stereocenters. The van der Waals surface area contributed by atoms with E-state index in [1.54, 1.807) is 44.3 Å². The second-order valence-electron chi connectivity index (χ2n) is 3.92. The number of nitrogens with one attached hydrogen (secondary N) is 1. The highest BCUT2D eigenvalue weighted by Crippen LogP contribution is 2.37. The van der Waals surface area contributed by atoms with Gasteiger partial charge in [-0.25, -0.2) is 0 Å². The van der Waals surface area contributed by atoms with E-state index in [-0.39, 0.29) is 0 Å². The summed E-state index contributed by atoms with van der Waals surface area (Å²) in [6.45, 7) is 0. The lowest BCUT2D eigenvalue weighted by Gasteiger charge is -2.12. The van der Waals surface area contributed by atoms with Gasteiger partial charge in [0, 0.05) is 19.3 Å². The standard InChI is InChI=1S/C12H15ClN4O2/c1-17-6-8(14)12(16-17)15-9-4-7(13)10(18-2)5-11(9)19-3/h4-6H,14H2,1-3H3,(H,15,16). The third kappa shape index (κ3) is 2.68. The van der Waals surface area contributed by atoms with Gasteiger partial charge in [-0.1, -0.05) is 11.6 Å². The number of hydrogen-bond donors (Lipinski definition) is 2. The Hall–Kier alpha value is -2.08. The van der Waals surface area contributed by atoms with Crippen LogP contribution in [0.2, 0.25) is 5.02 Å². The molecule has 0 saturated carbocycles. The first-order valence-electron chi connectivity index (χ1n) is 5.52. The summed E-state index contributed by atoms with van der Waals surface area (Å²) in [4.78, 5) is 0. The third-order valence-corrected chi connectivity index (χ3v) is 2.88. The molecule has 0 radical (unpaired) electrons. The van der Waals surface area contributed by atoms with E-state index in [1.165, 1.54) is 0 Å². The summed E-state index contributed by atoms with van der Waals surface area (Å²) in [5.74, 6) is 1.67. The molecule has 0 aliphatic carbocycles. The SMILES string of the molecule is COc1cc(OC)c(Nc2nn(C)cc2N)cc1Cl. The lowest BCUT2D eigenvalue weighted by Crippen LogP contribution is -1.99. The zero-order chi connectivity index (χ0) is 14.0. The first-order chi connectivity index (χ1) is 9.05. The number of rotatable bonds is 4. The average Bonchev–Trinajstić information content (AvgIpc) is 2.68. The van der Waals surface area contributed by atoms with Crippen molar-refractivity contribution in [3.63, 3.8) is 0 Å². The Bertz CT molecular complexity index is 598. The van der Waals surface area contributed by atoms with Gasteiger partial charge < -0.3 is 20.5 Å². The highest BCUT2D eigenvalue weighted by molar-refractivity contribution is 6.32. The minimum atomic E-state index is 0.473. The maximum Gasteiger partial charge on any atom is 0.175 e. The zero-order valence-corrected chi connectivity index (χ0v) is 11.7. The number of methoxy groups -OCH3 is 2. The molecule has 2 rings (SSSR count). The van der Waals surface area contributed by atoms with Crippen molar-refractivity contribution in [1.82, 2.24) is 9.78 Å². The first kappa shape index (κ1) is 13.4. The van der Waals surface area contributed by atoms with Crippen molar-refractivity contribution < 1.29 is 9.47 Å². The van der Waals surface area contributed by atoms with Crippen molar-refractivity contribution in [2.45, 2.75) is 0 Å². The van der Waals surface area contributed by atoms with Crippen LogP contribution >= 0.6 is 11.6 Å². The fourth-order valence-electron chi connectivity index (χ4n) is 1.69. The summed E-state index contributed by atoms with van der Waals surface area (Å²) in [6.07, 6.45) is 1.71. The molecule has 1 aromatic carbocycles. The number of anilines is 3. The van der Waals surface area contributed by atoms with E-state index >= 15 is 0 Å². The molecule has 0 atom stereocenters. The maximum atomic E-state index is 6.09. The summed E-state index contributed by atoms with van der Waals surface area (Å²) in [6, 6.07) is 3.40. The highest BCUT2D eigenvalue weighted by atomic mass is 35.5. The summed E-state index contributed by atoms with van der Waals surface area (Å²) in [7, 11) is 4.90. The normalized spacial score (nSPS) is 10.3. The predicted molar refractivity (Wildman–Crippen MR) is 75.5 cm³/mol. The van der Waals surface area contributed by atoms with Crippen LogP contribution in [0.3, 0.4) is 0 Å². The molecule has 0 bridgehead atoms. The highest BCUT2D eigenvalue weighted by Gasteiger charge is 2.12. The molecule has 6 nitrogen and oxygen atoms in total. The minimum absolute atomic E-state index is 0.473. The Kier molecular flexibility index (Phi) is 3.71. The van der Waals surface area contributed by atoms with Crippen LogP contribution in [0.25, 0.3) is 0 Å². The molecule has 0 spiro atoms. The van der Waals surface area contributed by atoms with E-state index in [9.17, 15) is 0 Å². The van der Waals surface area contributed by atoms with E-state index in [1.807, 2.05) is 0 Å². The van der Waals surface area contributed by atoms with Crippen molar-refractivity contribution >= 4 is 28.8 Å². The van der Waals surface area contributed by atoms with E-state index in [4.69, 9.17) is 26.8 Å². The van der Waals surface area contributed by atoms with Crippen LogP contribution in [0.1, 0.15) is 0 Å². The number of halogens is 1. The van der Waals surface area contributed by atoms with Gasteiger partial charge in [-0.15, -0.1) is 0 Å². The van der Waals surface area contributed by atoms with Gasteiger partial charge in [-0.05, 0) is 6.07 Å². The molecule has 3 N–H and O–H groups in total. The van der Waals surface area contributed by atoms with E-state index in [0.717, 1.165) is 0 Å². The van der Waals surface area contributed by atoms with Crippen LogP contribution in [0.5, 0.6) is 11.5 Å². The number of benzene rings is 1. The van der Waals surface area contributed by atoms with Crippen molar-refractivity contribution in [2.75, 3.05) is 25.3 Å². The number of nitrogens with two attached hydrogens (primary N) is 1. The minimum Gasteiger partial charge on any atom is -0.495 e. The molecule has 1 heterocycles. The zero-order valence-electron chi connectivity index (χ0n) is 10.9. The second-order valence-corrected chi connectivity index (χ2v) is 4.33. The molecule has 7 heteroatoms. The summed E-state index contributed by atoms with van der Waals surface area (Å²) < 4.78 is 12.0. The van der Waals surface area contributed by atoms with E-state index < -0.39 is 0 Å². The van der Waals surface area contributed by atoms with Gasteiger partial charge in [0.1, 0.15) is 11.5 Å². The topological polar surface area (TPSA) is 74.3 Å². The number of nitrogens with zero attached hydrogens (tertiary/aromatic N) is 2. The molecule has 102 valence electrons. The Balaban J connectivity index is 2.39.